The molecule has 2 aliphatic heterocycles. The summed E-state index contributed by atoms with van der Waals surface area (Å²) in [6.45, 7) is 2.83. The van der Waals surface area contributed by atoms with E-state index < -0.39 is 12.1 Å². The predicted octanol–water partition coefficient (Wildman–Crippen LogP) is 0.0483. The molecule has 1 unspecified atom stereocenters. The molecular weight excluding hydrogens is 389 g/mol. The zero-order valence-electron chi connectivity index (χ0n) is 17.1. The van der Waals surface area contributed by atoms with Gasteiger partial charge in [-0.15, -0.1) is 0 Å². The van der Waals surface area contributed by atoms with Crippen LogP contribution in [0.5, 0.6) is 0 Å². The van der Waals surface area contributed by atoms with Crippen molar-refractivity contribution in [1.29, 1.82) is 0 Å². The summed E-state index contributed by atoms with van der Waals surface area (Å²) in [5, 5.41) is 20.0. The first-order chi connectivity index (χ1) is 14.4. The molecule has 2 aromatic rings. The van der Waals surface area contributed by atoms with E-state index in [9.17, 15) is 19.1 Å². The fourth-order valence-electron chi connectivity index (χ4n) is 4.87. The molecule has 2 amide bonds. The molecule has 0 spiro atoms. The van der Waals surface area contributed by atoms with Crippen molar-refractivity contribution in [2.45, 2.75) is 43.5 Å². The number of aromatic nitrogens is 1. The van der Waals surface area contributed by atoms with E-state index in [1.807, 2.05) is 6.20 Å². The molecule has 3 heterocycles. The lowest BCUT2D eigenvalue weighted by molar-refractivity contribution is -0.140. The number of carbonyl (C=O) groups excluding carboxylic acids is 2. The number of nitrogens with zero attached hydrogens (tertiary/aromatic N) is 1. The summed E-state index contributed by atoms with van der Waals surface area (Å²) in [6, 6.07) is 3.73. The van der Waals surface area contributed by atoms with Gasteiger partial charge in [-0.1, -0.05) is 0 Å². The number of amides is 2. The van der Waals surface area contributed by atoms with Crippen LogP contribution in [-0.2, 0) is 9.59 Å². The second kappa shape index (κ2) is 8.33. The van der Waals surface area contributed by atoms with Crippen molar-refractivity contribution in [3.05, 3.63) is 35.8 Å². The van der Waals surface area contributed by atoms with Gasteiger partial charge in [-0.3, -0.25) is 9.59 Å². The van der Waals surface area contributed by atoms with Crippen molar-refractivity contribution in [1.82, 2.24) is 25.8 Å². The summed E-state index contributed by atoms with van der Waals surface area (Å²) in [5.41, 5.74) is 1.77. The average molecular weight is 417 g/mol. The molecule has 2 fully saturated rings. The van der Waals surface area contributed by atoms with Crippen LogP contribution in [0.3, 0.4) is 0 Å². The van der Waals surface area contributed by atoms with Crippen LogP contribution in [-0.4, -0.2) is 77.7 Å². The largest absolute Gasteiger partial charge is 0.391 e. The lowest BCUT2D eigenvalue weighted by atomic mass is 9.91. The molecule has 4 rings (SSSR count). The number of likely N-dealkylation sites (N-methyl/N-ethyl adjacent to an activating group) is 1. The number of hydrogen-bond donors (Lipinski definition) is 5. The maximum atomic E-state index is 13.6. The molecule has 2 aliphatic rings. The molecule has 1 aromatic heterocycles. The third kappa shape index (κ3) is 3.68. The highest BCUT2D eigenvalue weighted by Gasteiger charge is 2.48. The molecule has 0 aliphatic carbocycles. The van der Waals surface area contributed by atoms with Crippen molar-refractivity contribution in [2.24, 2.45) is 0 Å². The van der Waals surface area contributed by atoms with E-state index in [0.29, 0.717) is 13.1 Å². The zero-order chi connectivity index (χ0) is 21.4. The number of H-pyrrole nitrogens is 1. The van der Waals surface area contributed by atoms with Gasteiger partial charge in [0.25, 0.3) is 0 Å². The molecule has 9 heteroatoms. The molecule has 8 nitrogen and oxygen atoms in total. The number of halogens is 1. The normalized spacial score (nSPS) is 25.3. The van der Waals surface area contributed by atoms with Gasteiger partial charge < -0.3 is 30.9 Å². The van der Waals surface area contributed by atoms with Gasteiger partial charge in [0.05, 0.1) is 18.7 Å². The SMILES string of the molecule is CNCC(=O)N[C@H](C(=O)N1CC[C@H]2NC[C@H](c3c[nH]c4cc(F)ccc34)[C@H]21)C(C)O. The van der Waals surface area contributed by atoms with E-state index in [0.717, 1.165) is 22.9 Å². The van der Waals surface area contributed by atoms with Gasteiger partial charge in [0.2, 0.25) is 11.8 Å². The average Bonchev–Trinajstić information content (AvgIpc) is 3.39. The number of carbonyl (C=O) groups is 2. The monoisotopic (exact) mass is 417 g/mol. The van der Waals surface area contributed by atoms with Crippen molar-refractivity contribution in [3.8, 4) is 0 Å². The number of nitrogens with one attached hydrogen (secondary N) is 4. The number of aromatic amines is 1. The lowest BCUT2D eigenvalue weighted by Crippen LogP contribution is -2.56. The van der Waals surface area contributed by atoms with Crippen LogP contribution in [0, 0.1) is 5.82 Å². The quantitative estimate of drug-likeness (QED) is 0.456. The zero-order valence-corrected chi connectivity index (χ0v) is 17.1. The molecule has 0 bridgehead atoms. The Labute approximate surface area is 174 Å². The van der Waals surface area contributed by atoms with Crippen molar-refractivity contribution in [3.63, 3.8) is 0 Å². The summed E-state index contributed by atoms with van der Waals surface area (Å²) in [5.74, 6) is -0.884. The lowest BCUT2D eigenvalue weighted by Gasteiger charge is -2.33. The first-order valence-electron chi connectivity index (χ1n) is 10.3. The minimum atomic E-state index is -1.01. The van der Waals surface area contributed by atoms with Crippen LogP contribution in [0.15, 0.2) is 24.4 Å². The number of aliphatic hydroxyl groups excluding tert-OH is 1. The highest BCUT2D eigenvalue weighted by Crippen LogP contribution is 2.39. The van der Waals surface area contributed by atoms with Crippen LogP contribution >= 0.6 is 0 Å². The number of aliphatic hydroxyl groups is 1. The summed E-state index contributed by atoms with van der Waals surface area (Å²) < 4.78 is 13.6. The molecule has 162 valence electrons. The smallest absolute Gasteiger partial charge is 0.248 e. The van der Waals surface area contributed by atoms with Gasteiger partial charge >= 0.3 is 0 Å². The Morgan fingerprint density at radius 1 is 1.40 bits per heavy atom. The highest BCUT2D eigenvalue weighted by molar-refractivity contribution is 5.89. The second-order valence-corrected chi connectivity index (χ2v) is 8.18. The molecule has 0 radical (unpaired) electrons. The fourth-order valence-corrected chi connectivity index (χ4v) is 4.87. The topological polar surface area (TPSA) is 109 Å². The Kier molecular flexibility index (Phi) is 5.77. The number of benzene rings is 1. The van der Waals surface area contributed by atoms with Crippen molar-refractivity contribution in [2.75, 3.05) is 26.7 Å². The van der Waals surface area contributed by atoms with E-state index in [1.165, 1.54) is 19.1 Å². The summed E-state index contributed by atoms with van der Waals surface area (Å²) in [4.78, 5) is 30.3. The Balaban J connectivity index is 1.60. The summed E-state index contributed by atoms with van der Waals surface area (Å²) >= 11 is 0. The Morgan fingerprint density at radius 3 is 2.93 bits per heavy atom. The first-order valence-corrected chi connectivity index (χ1v) is 10.3. The highest BCUT2D eigenvalue weighted by atomic mass is 19.1. The Hall–Kier alpha value is -2.49. The second-order valence-electron chi connectivity index (χ2n) is 8.18. The maximum absolute atomic E-state index is 13.6. The standard InChI is InChI=1S/C21H28FN5O3/c1-11(28)19(26-18(29)10-23-2)21(30)27-6-5-16-20(27)15(9-24-16)14-8-25-17-7-12(22)3-4-13(14)17/h3-4,7-8,11,15-16,19-20,23-25,28H,5-6,9-10H2,1-2H3,(H,26,29)/t11?,15-,16-,19+,20-/m1/s1. The van der Waals surface area contributed by atoms with Crippen molar-refractivity contribution >= 4 is 22.7 Å². The molecule has 2 saturated heterocycles. The van der Waals surface area contributed by atoms with Gasteiger partial charge in [-0.2, -0.15) is 0 Å². The number of rotatable bonds is 6. The Bertz CT molecular complexity index is 946. The number of likely N-dealkylation sites (tertiary alicyclic amines) is 1. The molecule has 1 aromatic carbocycles. The first kappa shape index (κ1) is 20.8. The van der Waals surface area contributed by atoms with E-state index in [-0.39, 0.29) is 42.2 Å². The molecule has 30 heavy (non-hydrogen) atoms. The molecule has 5 N–H and O–H groups in total. The minimum Gasteiger partial charge on any atom is -0.391 e. The van der Waals surface area contributed by atoms with Crippen LogP contribution in [0.25, 0.3) is 10.9 Å². The van der Waals surface area contributed by atoms with Crippen LogP contribution in [0.4, 0.5) is 4.39 Å². The molecular formula is C21H28FN5O3. The molecule has 0 saturated carbocycles. The van der Waals surface area contributed by atoms with Crippen LogP contribution in [0.1, 0.15) is 24.8 Å². The molecule has 5 atom stereocenters. The van der Waals surface area contributed by atoms with Gasteiger partial charge in [-0.05, 0) is 44.2 Å². The summed E-state index contributed by atoms with van der Waals surface area (Å²) in [6.07, 6.45) is 1.68. The number of hydrogen-bond acceptors (Lipinski definition) is 5. The van der Waals surface area contributed by atoms with Gasteiger partial charge in [0.15, 0.2) is 0 Å². The maximum Gasteiger partial charge on any atom is 0.248 e. The van der Waals surface area contributed by atoms with Crippen LogP contribution < -0.4 is 16.0 Å². The van der Waals surface area contributed by atoms with E-state index in [1.54, 1.807) is 18.0 Å². The minimum absolute atomic E-state index is 0.0309. The van der Waals surface area contributed by atoms with Crippen molar-refractivity contribution < 1.29 is 19.1 Å². The third-order valence-corrected chi connectivity index (χ3v) is 6.23. The summed E-state index contributed by atoms with van der Waals surface area (Å²) in [7, 11) is 1.64. The van der Waals surface area contributed by atoms with E-state index in [4.69, 9.17) is 0 Å². The van der Waals surface area contributed by atoms with Gasteiger partial charge in [-0.25, -0.2) is 4.39 Å². The third-order valence-electron chi connectivity index (χ3n) is 6.23. The van der Waals surface area contributed by atoms with Gasteiger partial charge in [0, 0.05) is 42.1 Å². The van der Waals surface area contributed by atoms with Gasteiger partial charge in [0.1, 0.15) is 11.9 Å². The number of fused-ring (bicyclic) bond motifs is 2. The van der Waals surface area contributed by atoms with E-state index >= 15 is 0 Å². The van der Waals surface area contributed by atoms with E-state index in [2.05, 4.69) is 20.9 Å². The Morgan fingerprint density at radius 2 is 2.20 bits per heavy atom. The predicted molar refractivity (Wildman–Crippen MR) is 110 cm³/mol. The fraction of sp³-hybridized carbons (Fsp3) is 0.524. The van der Waals surface area contributed by atoms with Crippen LogP contribution in [0.2, 0.25) is 0 Å².